The van der Waals surface area contributed by atoms with E-state index in [2.05, 4.69) is 23.3 Å². The smallest absolute Gasteiger partial charge is 0.433 e. The monoisotopic (exact) mass is 366 g/mol. The third-order valence-electron chi connectivity index (χ3n) is 4.09. The highest BCUT2D eigenvalue weighted by Gasteiger charge is 2.43. The molecule has 6 nitrogen and oxygen atoms in total. The summed E-state index contributed by atoms with van der Waals surface area (Å²) in [5.41, 5.74) is -1.08. The molecule has 26 heavy (non-hydrogen) atoms. The predicted molar refractivity (Wildman–Crippen MR) is 89.8 cm³/mol. The number of hydrogen-bond donors (Lipinski definition) is 0. The van der Waals surface area contributed by atoms with E-state index in [1.165, 1.54) is 6.08 Å². The van der Waals surface area contributed by atoms with Gasteiger partial charge in [0.2, 0.25) is 0 Å². The molecule has 0 N–H and O–H groups in total. The molecule has 0 bridgehead atoms. The van der Waals surface area contributed by atoms with E-state index in [0.717, 1.165) is 25.2 Å². The number of hydrazone groups is 1. The Kier molecular flexibility index (Phi) is 4.71. The van der Waals surface area contributed by atoms with Gasteiger partial charge in [-0.25, -0.2) is 10.0 Å². The van der Waals surface area contributed by atoms with Crippen LogP contribution >= 0.6 is 0 Å². The van der Waals surface area contributed by atoms with E-state index in [-0.39, 0.29) is 35.3 Å². The number of aliphatic imine (C=N–C) groups is 1. The van der Waals surface area contributed by atoms with Gasteiger partial charge in [-0.05, 0) is 25.0 Å². The van der Waals surface area contributed by atoms with Gasteiger partial charge in [-0.2, -0.15) is 18.3 Å². The van der Waals surface area contributed by atoms with Crippen molar-refractivity contribution in [1.29, 1.82) is 0 Å². The number of ether oxygens (including phenoxy) is 1. The average molecular weight is 366 g/mol. The van der Waals surface area contributed by atoms with E-state index in [4.69, 9.17) is 4.74 Å². The molecule has 0 aliphatic carbocycles. The number of fused-ring (bicyclic) bond motifs is 1. The molecule has 3 rings (SSSR count). The van der Waals surface area contributed by atoms with E-state index in [9.17, 15) is 18.0 Å². The molecule has 1 saturated heterocycles. The van der Waals surface area contributed by atoms with Crippen molar-refractivity contribution in [3.8, 4) is 0 Å². The minimum absolute atomic E-state index is 0.0263. The van der Waals surface area contributed by atoms with Gasteiger partial charge in [0.05, 0.1) is 6.26 Å². The second-order valence-electron chi connectivity index (χ2n) is 5.86. The highest BCUT2D eigenvalue weighted by atomic mass is 19.4. The van der Waals surface area contributed by atoms with Crippen LogP contribution in [0, 0.1) is 0 Å². The molecule has 0 aromatic rings. The summed E-state index contributed by atoms with van der Waals surface area (Å²) in [6.07, 6.45) is 0.465. The minimum Gasteiger partial charge on any atom is -0.464 e. The standard InChI is InChI=1S/C17H17F3N4O2/c1-3-26-11(2)13-10-14(17(18,19)20)24-15(21-13)7-6-12(22-24)16(25)23-8-4-5-9-23/h3,7,10H,1-2,4-6,8-9H2. The van der Waals surface area contributed by atoms with Crippen LogP contribution in [0.4, 0.5) is 13.2 Å². The maximum atomic E-state index is 13.5. The predicted octanol–water partition coefficient (Wildman–Crippen LogP) is 3.09. The lowest BCUT2D eigenvalue weighted by atomic mass is 10.1. The Morgan fingerprint density at radius 2 is 2.00 bits per heavy atom. The fraction of sp³-hybridized carbons (Fsp3) is 0.353. The first-order valence-corrected chi connectivity index (χ1v) is 8.02. The Bertz CT molecular complexity index is 771. The number of carbonyl (C=O) groups is 1. The highest BCUT2D eigenvalue weighted by molar-refractivity contribution is 6.39. The zero-order valence-electron chi connectivity index (χ0n) is 13.9. The van der Waals surface area contributed by atoms with Crippen LogP contribution in [-0.2, 0) is 9.53 Å². The lowest BCUT2D eigenvalue weighted by Gasteiger charge is -2.31. The second-order valence-corrected chi connectivity index (χ2v) is 5.86. The number of allylic oxidation sites excluding steroid dienone is 3. The normalized spacial score (nSPS) is 19.8. The molecular weight excluding hydrogens is 349 g/mol. The first-order valence-electron chi connectivity index (χ1n) is 8.02. The highest BCUT2D eigenvalue weighted by Crippen LogP contribution is 2.36. The minimum atomic E-state index is -4.70. The Hall–Kier alpha value is -2.84. The first kappa shape index (κ1) is 18.0. The zero-order valence-corrected chi connectivity index (χ0v) is 13.9. The van der Waals surface area contributed by atoms with Crippen molar-refractivity contribution >= 4 is 17.3 Å². The van der Waals surface area contributed by atoms with E-state index >= 15 is 0 Å². The lowest BCUT2D eigenvalue weighted by Crippen LogP contribution is -2.39. The van der Waals surface area contributed by atoms with Crippen molar-refractivity contribution in [2.75, 3.05) is 13.1 Å². The number of nitrogens with zero attached hydrogens (tertiary/aromatic N) is 4. The molecule has 0 aromatic heterocycles. The summed E-state index contributed by atoms with van der Waals surface area (Å²) < 4.78 is 45.5. The quantitative estimate of drug-likeness (QED) is 0.719. The molecule has 9 heteroatoms. The third kappa shape index (κ3) is 3.42. The number of halogens is 3. The Labute approximate surface area is 148 Å². The molecular formula is C17H17F3N4O2. The van der Waals surface area contributed by atoms with Gasteiger partial charge in [-0.15, -0.1) is 0 Å². The van der Waals surface area contributed by atoms with Gasteiger partial charge in [0.25, 0.3) is 5.91 Å². The fourth-order valence-corrected chi connectivity index (χ4v) is 2.84. The molecule has 0 spiro atoms. The number of likely N-dealkylation sites (tertiary alicyclic amines) is 1. The number of carbonyl (C=O) groups excluding carboxylic acids is 1. The zero-order chi connectivity index (χ0) is 18.9. The third-order valence-corrected chi connectivity index (χ3v) is 4.09. The van der Waals surface area contributed by atoms with Gasteiger partial charge >= 0.3 is 6.18 Å². The molecule has 0 aromatic carbocycles. The average Bonchev–Trinajstić information content (AvgIpc) is 3.13. The molecule has 0 atom stereocenters. The largest absolute Gasteiger partial charge is 0.464 e. The Balaban J connectivity index is 1.93. The maximum absolute atomic E-state index is 13.5. The van der Waals surface area contributed by atoms with Gasteiger partial charge in [-0.3, -0.25) is 4.79 Å². The van der Waals surface area contributed by atoms with Crippen molar-refractivity contribution in [3.63, 3.8) is 0 Å². The van der Waals surface area contributed by atoms with E-state index in [1.807, 2.05) is 0 Å². The maximum Gasteiger partial charge on any atom is 0.433 e. The SMILES string of the molecule is C=COC(=C)C1=NC2=CCC(C(=O)N3CCCC3)=NN2C(C(F)(F)F)=C1. The van der Waals surface area contributed by atoms with Crippen LogP contribution in [0.25, 0.3) is 0 Å². The molecule has 3 aliphatic rings. The van der Waals surface area contributed by atoms with Crippen LogP contribution in [0.5, 0.6) is 0 Å². The fourth-order valence-electron chi connectivity index (χ4n) is 2.84. The summed E-state index contributed by atoms with van der Waals surface area (Å²) in [5.74, 6) is -0.430. The Morgan fingerprint density at radius 1 is 1.31 bits per heavy atom. The van der Waals surface area contributed by atoms with Crippen LogP contribution in [0.2, 0.25) is 0 Å². The molecule has 3 heterocycles. The molecule has 3 aliphatic heterocycles. The summed E-state index contributed by atoms with van der Waals surface area (Å²) in [6.45, 7) is 8.07. The molecule has 138 valence electrons. The number of amides is 1. The summed E-state index contributed by atoms with van der Waals surface area (Å²) in [7, 11) is 0. The first-order chi connectivity index (χ1) is 12.3. The molecule has 0 unspecified atom stereocenters. The summed E-state index contributed by atoms with van der Waals surface area (Å²) in [4.78, 5) is 18.2. The van der Waals surface area contributed by atoms with Crippen LogP contribution < -0.4 is 0 Å². The summed E-state index contributed by atoms with van der Waals surface area (Å²) >= 11 is 0. The van der Waals surface area contributed by atoms with E-state index in [0.29, 0.717) is 18.1 Å². The number of rotatable bonds is 4. The molecule has 1 amide bonds. The van der Waals surface area contributed by atoms with Crippen molar-refractivity contribution in [1.82, 2.24) is 9.91 Å². The molecule has 0 radical (unpaired) electrons. The second kappa shape index (κ2) is 6.81. The van der Waals surface area contributed by atoms with Crippen molar-refractivity contribution in [2.45, 2.75) is 25.4 Å². The van der Waals surface area contributed by atoms with Crippen LogP contribution in [0.3, 0.4) is 0 Å². The van der Waals surface area contributed by atoms with Gasteiger partial charge < -0.3 is 9.64 Å². The van der Waals surface area contributed by atoms with Crippen molar-refractivity contribution in [3.05, 3.63) is 48.8 Å². The van der Waals surface area contributed by atoms with Gasteiger partial charge in [-0.1, -0.05) is 13.2 Å². The van der Waals surface area contributed by atoms with Crippen LogP contribution in [0.1, 0.15) is 19.3 Å². The van der Waals surface area contributed by atoms with E-state index in [1.54, 1.807) is 4.90 Å². The number of hydrogen-bond acceptors (Lipinski definition) is 5. The van der Waals surface area contributed by atoms with Crippen molar-refractivity contribution in [2.24, 2.45) is 10.1 Å². The van der Waals surface area contributed by atoms with Gasteiger partial charge in [0, 0.05) is 19.5 Å². The van der Waals surface area contributed by atoms with Crippen molar-refractivity contribution < 1.29 is 22.7 Å². The van der Waals surface area contributed by atoms with Gasteiger partial charge in [0.15, 0.2) is 11.5 Å². The Morgan fingerprint density at radius 3 is 2.62 bits per heavy atom. The van der Waals surface area contributed by atoms with Crippen LogP contribution in [-0.4, -0.2) is 46.5 Å². The lowest BCUT2D eigenvalue weighted by molar-refractivity contribution is -0.123. The summed E-state index contributed by atoms with van der Waals surface area (Å²) in [5, 5.41) is 4.59. The number of alkyl halides is 3. The topological polar surface area (TPSA) is 57.5 Å². The van der Waals surface area contributed by atoms with Gasteiger partial charge in [0.1, 0.15) is 17.2 Å². The van der Waals surface area contributed by atoms with E-state index < -0.39 is 11.9 Å². The summed E-state index contributed by atoms with van der Waals surface area (Å²) in [6, 6.07) is 0. The molecule has 1 fully saturated rings. The molecule has 0 saturated carbocycles. The van der Waals surface area contributed by atoms with Crippen LogP contribution in [0.15, 0.2) is 58.9 Å².